The van der Waals surface area contributed by atoms with E-state index in [9.17, 15) is 9.59 Å². The Morgan fingerprint density at radius 2 is 1.64 bits per heavy atom. The summed E-state index contributed by atoms with van der Waals surface area (Å²) in [6.45, 7) is 8.97. The van der Waals surface area contributed by atoms with Gasteiger partial charge >= 0.3 is 11.8 Å². The highest BCUT2D eigenvalue weighted by Crippen LogP contribution is 2.21. The number of carbonyl (C=O) groups excluding carboxylic acids is 2. The number of benzene rings is 1. The molecular formula is C19H30N3O3+. The van der Waals surface area contributed by atoms with Crippen molar-refractivity contribution in [2.24, 2.45) is 0 Å². The zero-order chi connectivity index (χ0) is 18.7. The van der Waals surface area contributed by atoms with Crippen LogP contribution >= 0.6 is 0 Å². The zero-order valence-electron chi connectivity index (χ0n) is 15.8. The maximum Gasteiger partial charge on any atom is 0.309 e. The van der Waals surface area contributed by atoms with Crippen LogP contribution in [0, 0.1) is 0 Å². The summed E-state index contributed by atoms with van der Waals surface area (Å²) in [5.41, 5.74) is 0.995. The number of quaternary nitrogens is 1. The van der Waals surface area contributed by atoms with Gasteiger partial charge in [0.25, 0.3) is 0 Å². The minimum atomic E-state index is -0.596. The predicted octanol–water partition coefficient (Wildman–Crippen LogP) is 0.711. The van der Waals surface area contributed by atoms with Gasteiger partial charge in [-0.25, -0.2) is 0 Å². The van der Waals surface area contributed by atoms with E-state index in [1.54, 1.807) is 7.11 Å². The maximum absolute atomic E-state index is 12.2. The molecule has 6 heteroatoms. The molecule has 1 aromatic rings. The molecule has 1 saturated heterocycles. The summed E-state index contributed by atoms with van der Waals surface area (Å²) in [5, 5.41) is 7.90. The lowest BCUT2D eigenvalue weighted by molar-refractivity contribution is -0.787. The fourth-order valence-electron chi connectivity index (χ4n) is 3.88. The molecule has 1 heterocycles. The Labute approximate surface area is 149 Å². The van der Waals surface area contributed by atoms with Gasteiger partial charge in [0.2, 0.25) is 0 Å². The Balaban J connectivity index is 1.86. The number of nitrogens with two attached hydrogens (primary N) is 1. The third-order valence-corrected chi connectivity index (χ3v) is 4.48. The van der Waals surface area contributed by atoms with Gasteiger partial charge in [0.05, 0.1) is 18.2 Å². The van der Waals surface area contributed by atoms with Crippen LogP contribution in [0.2, 0.25) is 0 Å². The van der Waals surface area contributed by atoms with Crippen molar-refractivity contribution in [1.82, 2.24) is 10.6 Å². The molecule has 0 bridgehead atoms. The molecule has 1 aromatic carbocycles. The largest absolute Gasteiger partial charge is 0.497 e. The van der Waals surface area contributed by atoms with E-state index in [1.165, 1.54) is 0 Å². The fraction of sp³-hybridized carbons (Fsp3) is 0.579. The quantitative estimate of drug-likeness (QED) is 0.701. The standard InChI is InChI=1S/C19H29N3O3/c1-18(2)10-14(11-19(3,4)22-18)21-17(24)16(23)20-12-13-6-8-15(25-5)9-7-13/h6-9,14,22H,10-12H2,1-5H3,(H,20,23)(H,21,24)/p+1. The number of methoxy groups -OCH3 is 1. The lowest BCUT2D eigenvalue weighted by Gasteiger charge is -2.43. The van der Waals surface area contributed by atoms with Crippen LogP contribution in [0.5, 0.6) is 5.75 Å². The first-order valence-corrected chi connectivity index (χ1v) is 8.69. The molecule has 0 radical (unpaired) electrons. The molecule has 2 amide bonds. The summed E-state index contributed by atoms with van der Waals surface area (Å²) in [6.07, 6.45) is 1.68. The molecule has 1 aliphatic heterocycles. The zero-order valence-corrected chi connectivity index (χ0v) is 15.8. The van der Waals surface area contributed by atoms with Crippen molar-refractivity contribution >= 4 is 11.8 Å². The maximum atomic E-state index is 12.2. The van der Waals surface area contributed by atoms with Crippen molar-refractivity contribution in [2.45, 2.75) is 64.2 Å². The van der Waals surface area contributed by atoms with Gasteiger partial charge in [-0.1, -0.05) is 12.1 Å². The highest BCUT2D eigenvalue weighted by atomic mass is 16.5. The third kappa shape index (κ3) is 5.74. The summed E-state index contributed by atoms with van der Waals surface area (Å²) >= 11 is 0. The Hall–Kier alpha value is -2.08. The smallest absolute Gasteiger partial charge is 0.309 e. The van der Waals surface area contributed by atoms with E-state index in [1.807, 2.05) is 24.3 Å². The van der Waals surface area contributed by atoms with Crippen LogP contribution < -0.4 is 20.7 Å². The summed E-state index contributed by atoms with van der Waals surface area (Å²) in [6, 6.07) is 7.38. The second-order valence-corrected chi connectivity index (χ2v) is 8.23. The highest BCUT2D eigenvalue weighted by Gasteiger charge is 2.42. The van der Waals surface area contributed by atoms with Crippen LogP contribution in [0.3, 0.4) is 0 Å². The molecule has 0 unspecified atom stereocenters. The first-order valence-electron chi connectivity index (χ1n) is 8.69. The first kappa shape index (κ1) is 19.2. The van der Waals surface area contributed by atoms with Crippen molar-refractivity contribution in [3.05, 3.63) is 29.8 Å². The monoisotopic (exact) mass is 348 g/mol. The molecule has 0 aromatic heterocycles. The minimum absolute atomic E-state index is 0.00855. The van der Waals surface area contributed by atoms with Crippen LogP contribution in [-0.2, 0) is 16.1 Å². The van der Waals surface area contributed by atoms with Gasteiger partial charge in [-0.2, -0.15) is 0 Å². The average molecular weight is 348 g/mol. The summed E-state index contributed by atoms with van der Waals surface area (Å²) in [5.74, 6) is -0.403. The van der Waals surface area contributed by atoms with Crippen molar-refractivity contribution in [3.8, 4) is 5.75 Å². The molecular weight excluding hydrogens is 318 g/mol. The Morgan fingerprint density at radius 3 is 2.16 bits per heavy atom. The van der Waals surface area contributed by atoms with Crippen molar-refractivity contribution < 1.29 is 19.6 Å². The van der Waals surface area contributed by atoms with Crippen LogP contribution in [0.15, 0.2) is 24.3 Å². The summed E-state index contributed by atoms with van der Waals surface area (Å²) in [4.78, 5) is 24.3. The Bertz CT molecular complexity index is 607. The van der Waals surface area contributed by atoms with E-state index in [0.717, 1.165) is 24.2 Å². The number of amides is 2. The van der Waals surface area contributed by atoms with Gasteiger partial charge in [-0.3, -0.25) is 9.59 Å². The molecule has 0 atom stereocenters. The van der Waals surface area contributed by atoms with Crippen LogP contribution in [0.1, 0.15) is 46.1 Å². The van der Waals surface area contributed by atoms with Gasteiger partial charge in [-0.15, -0.1) is 0 Å². The Kier molecular flexibility index (Phi) is 5.72. The molecule has 2 rings (SSSR count). The van der Waals surface area contributed by atoms with E-state index in [0.29, 0.717) is 6.54 Å². The van der Waals surface area contributed by atoms with Gasteiger partial charge in [0.15, 0.2) is 0 Å². The first-order chi connectivity index (χ1) is 11.6. The second-order valence-electron chi connectivity index (χ2n) is 8.23. The normalized spacial score (nSPS) is 19.1. The number of piperidine rings is 1. The van der Waals surface area contributed by atoms with Crippen molar-refractivity contribution in [3.63, 3.8) is 0 Å². The lowest BCUT2D eigenvalue weighted by atomic mass is 9.79. The van der Waals surface area contributed by atoms with Gasteiger partial charge < -0.3 is 20.7 Å². The predicted molar refractivity (Wildman–Crippen MR) is 96.1 cm³/mol. The molecule has 0 saturated carbocycles. The molecule has 4 N–H and O–H groups in total. The Morgan fingerprint density at radius 1 is 1.08 bits per heavy atom. The number of hydrogen-bond donors (Lipinski definition) is 3. The van der Waals surface area contributed by atoms with Gasteiger partial charge in [0.1, 0.15) is 5.75 Å². The number of carbonyl (C=O) groups is 2. The van der Waals surface area contributed by atoms with Crippen LogP contribution in [0.4, 0.5) is 0 Å². The van der Waals surface area contributed by atoms with Gasteiger partial charge in [0, 0.05) is 25.4 Å². The van der Waals surface area contributed by atoms with E-state index in [-0.39, 0.29) is 17.1 Å². The van der Waals surface area contributed by atoms with E-state index in [4.69, 9.17) is 4.74 Å². The topological polar surface area (TPSA) is 84.0 Å². The van der Waals surface area contributed by atoms with Crippen LogP contribution in [0.25, 0.3) is 0 Å². The summed E-state index contributed by atoms with van der Waals surface area (Å²) < 4.78 is 5.10. The highest BCUT2D eigenvalue weighted by molar-refractivity contribution is 6.35. The van der Waals surface area contributed by atoms with Crippen molar-refractivity contribution in [1.29, 1.82) is 0 Å². The minimum Gasteiger partial charge on any atom is -0.497 e. The number of hydrogen-bond acceptors (Lipinski definition) is 3. The van der Waals surface area contributed by atoms with E-state index >= 15 is 0 Å². The number of nitrogens with one attached hydrogen (secondary N) is 2. The molecule has 1 aliphatic rings. The molecule has 6 nitrogen and oxygen atoms in total. The van der Waals surface area contributed by atoms with Crippen LogP contribution in [-0.4, -0.2) is 36.0 Å². The average Bonchev–Trinajstić information content (AvgIpc) is 2.49. The summed E-state index contributed by atoms with van der Waals surface area (Å²) in [7, 11) is 1.60. The SMILES string of the molecule is COc1ccc(CNC(=O)C(=O)NC2CC(C)(C)[NH2+]C(C)(C)C2)cc1. The second kappa shape index (κ2) is 7.44. The number of ether oxygens (including phenoxy) is 1. The van der Waals surface area contributed by atoms with Gasteiger partial charge in [-0.05, 0) is 45.4 Å². The van der Waals surface area contributed by atoms with E-state index < -0.39 is 11.8 Å². The lowest BCUT2D eigenvalue weighted by Crippen LogP contribution is -3.06. The van der Waals surface area contributed by atoms with Crippen molar-refractivity contribution in [2.75, 3.05) is 7.11 Å². The molecule has 0 aliphatic carbocycles. The fourth-order valence-corrected chi connectivity index (χ4v) is 3.88. The molecule has 1 fully saturated rings. The number of rotatable bonds is 4. The third-order valence-electron chi connectivity index (χ3n) is 4.48. The molecule has 138 valence electrons. The molecule has 25 heavy (non-hydrogen) atoms. The molecule has 0 spiro atoms. The van der Waals surface area contributed by atoms with E-state index in [2.05, 4.69) is 43.6 Å².